The van der Waals surface area contributed by atoms with Gasteiger partial charge in [0, 0.05) is 16.8 Å². The van der Waals surface area contributed by atoms with Crippen LogP contribution in [-0.4, -0.2) is 20.5 Å². The minimum Gasteiger partial charge on any atom is -0.488 e. The molecule has 0 aliphatic carbocycles. The van der Waals surface area contributed by atoms with Crippen molar-refractivity contribution in [2.24, 2.45) is 0 Å². The Morgan fingerprint density at radius 1 is 0.931 bits per heavy atom. The van der Waals surface area contributed by atoms with Crippen molar-refractivity contribution in [3.05, 3.63) is 102 Å². The smallest absolute Gasteiger partial charge is 0.229 e. The average Bonchev–Trinajstić information content (AvgIpc) is 2.71. The van der Waals surface area contributed by atoms with Gasteiger partial charge in [0.25, 0.3) is 0 Å². The Hall–Kier alpha value is -3.38. The summed E-state index contributed by atoms with van der Waals surface area (Å²) in [6, 6.07) is 23.6. The third kappa shape index (κ3) is 6.33. The Bertz CT molecular complexity index is 1110. The standard InChI is InChI=1S/C23H21NO4S/c1-29(26,27)24-21-14-11-19(12-15-21)22(25)16-13-20-9-5-6-10-23(20)28-17-18-7-3-2-4-8-18/h2-16,24H,17H2,1H3. The van der Waals surface area contributed by atoms with Gasteiger partial charge in [-0.3, -0.25) is 9.52 Å². The van der Waals surface area contributed by atoms with Gasteiger partial charge in [-0.25, -0.2) is 8.42 Å². The van der Waals surface area contributed by atoms with Crippen molar-refractivity contribution in [3.8, 4) is 5.75 Å². The van der Waals surface area contributed by atoms with Crippen molar-refractivity contribution in [1.29, 1.82) is 0 Å². The van der Waals surface area contributed by atoms with Crippen LogP contribution in [0.4, 0.5) is 5.69 Å². The first-order chi connectivity index (χ1) is 13.9. The highest BCUT2D eigenvalue weighted by Gasteiger charge is 2.06. The third-order valence-electron chi connectivity index (χ3n) is 4.04. The van der Waals surface area contributed by atoms with E-state index < -0.39 is 10.0 Å². The summed E-state index contributed by atoms with van der Waals surface area (Å²) >= 11 is 0. The van der Waals surface area contributed by atoms with E-state index in [0.717, 1.165) is 17.4 Å². The van der Waals surface area contributed by atoms with Crippen molar-refractivity contribution in [2.75, 3.05) is 11.0 Å². The zero-order chi connectivity index (χ0) is 20.7. The first-order valence-corrected chi connectivity index (χ1v) is 10.9. The number of rotatable bonds is 8. The van der Waals surface area contributed by atoms with Gasteiger partial charge in [0.15, 0.2) is 5.78 Å². The van der Waals surface area contributed by atoms with Crippen LogP contribution in [0, 0.1) is 0 Å². The fraction of sp³-hybridized carbons (Fsp3) is 0.0870. The number of sulfonamides is 1. The Morgan fingerprint density at radius 2 is 1.59 bits per heavy atom. The largest absolute Gasteiger partial charge is 0.488 e. The molecule has 0 fully saturated rings. The van der Waals surface area contributed by atoms with Crippen molar-refractivity contribution < 1.29 is 17.9 Å². The molecular formula is C23H21NO4S. The molecule has 0 saturated carbocycles. The van der Waals surface area contributed by atoms with Gasteiger partial charge < -0.3 is 4.74 Å². The van der Waals surface area contributed by atoms with Crippen LogP contribution < -0.4 is 9.46 Å². The number of anilines is 1. The monoisotopic (exact) mass is 407 g/mol. The SMILES string of the molecule is CS(=O)(=O)Nc1ccc(C(=O)C=Cc2ccccc2OCc2ccccc2)cc1. The molecule has 3 aromatic rings. The molecule has 0 unspecified atom stereocenters. The van der Waals surface area contributed by atoms with E-state index in [9.17, 15) is 13.2 Å². The van der Waals surface area contributed by atoms with Gasteiger partial charge >= 0.3 is 0 Å². The molecule has 148 valence electrons. The zero-order valence-electron chi connectivity index (χ0n) is 15.9. The Morgan fingerprint density at radius 3 is 2.28 bits per heavy atom. The quantitative estimate of drug-likeness (QED) is 0.440. The first-order valence-electron chi connectivity index (χ1n) is 8.97. The lowest BCUT2D eigenvalue weighted by atomic mass is 10.1. The van der Waals surface area contributed by atoms with Crippen molar-refractivity contribution in [2.45, 2.75) is 6.61 Å². The number of benzene rings is 3. The van der Waals surface area contributed by atoms with E-state index in [1.165, 1.54) is 6.08 Å². The molecule has 0 saturated heterocycles. The van der Waals surface area contributed by atoms with E-state index in [2.05, 4.69) is 4.72 Å². The van der Waals surface area contributed by atoms with E-state index in [1.54, 1.807) is 30.3 Å². The molecule has 3 aromatic carbocycles. The highest BCUT2D eigenvalue weighted by Crippen LogP contribution is 2.21. The average molecular weight is 407 g/mol. The van der Waals surface area contributed by atoms with Gasteiger partial charge in [-0.05, 0) is 48.0 Å². The summed E-state index contributed by atoms with van der Waals surface area (Å²) in [5.41, 5.74) is 2.73. The van der Waals surface area contributed by atoms with E-state index in [1.807, 2.05) is 54.6 Å². The minimum atomic E-state index is -3.35. The predicted octanol–water partition coefficient (Wildman–Crippen LogP) is 4.53. The number of nitrogens with one attached hydrogen (secondary N) is 1. The number of carbonyl (C=O) groups is 1. The van der Waals surface area contributed by atoms with Crippen molar-refractivity contribution >= 4 is 27.6 Å². The minimum absolute atomic E-state index is 0.186. The maximum atomic E-state index is 12.4. The molecular weight excluding hydrogens is 386 g/mol. The molecule has 6 heteroatoms. The van der Waals surface area contributed by atoms with Crippen LogP contribution in [-0.2, 0) is 16.6 Å². The predicted molar refractivity (Wildman–Crippen MR) is 115 cm³/mol. The van der Waals surface area contributed by atoms with Gasteiger partial charge in [-0.15, -0.1) is 0 Å². The zero-order valence-corrected chi connectivity index (χ0v) is 16.7. The Labute approximate surface area is 170 Å². The topological polar surface area (TPSA) is 72.5 Å². The normalized spacial score (nSPS) is 11.3. The van der Waals surface area contributed by atoms with Crippen LogP contribution in [0.25, 0.3) is 6.08 Å². The molecule has 0 atom stereocenters. The Kier molecular flexibility index (Phi) is 6.46. The molecule has 0 aliphatic heterocycles. The van der Waals surface area contributed by atoms with E-state index in [4.69, 9.17) is 4.74 Å². The van der Waals surface area contributed by atoms with Gasteiger partial charge in [0.2, 0.25) is 10.0 Å². The van der Waals surface area contributed by atoms with E-state index in [-0.39, 0.29) is 5.78 Å². The van der Waals surface area contributed by atoms with Crippen molar-refractivity contribution in [3.63, 3.8) is 0 Å². The molecule has 29 heavy (non-hydrogen) atoms. The van der Waals surface area contributed by atoms with Crippen LogP contribution >= 0.6 is 0 Å². The number of hydrogen-bond donors (Lipinski definition) is 1. The summed E-state index contributed by atoms with van der Waals surface area (Å²) in [5.74, 6) is 0.502. The first kappa shape index (κ1) is 20.4. The second-order valence-electron chi connectivity index (χ2n) is 6.46. The van der Waals surface area contributed by atoms with E-state index in [0.29, 0.717) is 23.6 Å². The van der Waals surface area contributed by atoms with Gasteiger partial charge in [0.1, 0.15) is 12.4 Å². The third-order valence-corrected chi connectivity index (χ3v) is 4.65. The molecule has 0 aromatic heterocycles. The molecule has 0 heterocycles. The van der Waals surface area contributed by atoms with Crippen molar-refractivity contribution in [1.82, 2.24) is 0 Å². The molecule has 3 rings (SSSR count). The Balaban J connectivity index is 1.68. The number of ether oxygens (including phenoxy) is 1. The lowest BCUT2D eigenvalue weighted by Gasteiger charge is -2.09. The van der Waals surface area contributed by atoms with Crippen LogP contribution in [0.15, 0.2) is 84.9 Å². The number of ketones is 1. The van der Waals surface area contributed by atoms with Gasteiger partial charge in [-0.1, -0.05) is 48.5 Å². The second kappa shape index (κ2) is 9.21. The second-order valence-corrected chi connectivity index (χ2v) is 8.21. The van der Waals surface area contributed by atoms with E-state index >= 15 is 0 Å². The van der Waals surface area contributed by atoms with Crippen LogP contribution in [0.2, 0.25) is 0 Å². The van der Waals surface area contributed by atoms with Gasteiger partial charge in [-0.2, -0.15) is 0 Å². The fourth-order valence-electron chi connectivity index (χ4n) is 2.66. The summed E-state index contributed by atoms with van der Waals surface area (Å²) < 4.78 is 30.8. The van der Waals surface area contributed by atoms with Crippen LogP contribution in [0.1, 0.15) is 21.5 Å². The number of allylic oxidation sites excluding steroid dienone is 1. The van der Waals surface area contributed by atoms with Crippen LogP contribution in [0.5, 0.6) is 5.75 Å². The fourth-order valence-corrected chi connectivity index (χ4v) is 3.23. The maximum Gasteiger partial charge on any atom is 0.229 e. The highest BCUT2D eigenvalue weighted by molar-refractivity contribution is 7.92. The highest BCUT2D eigenvalue weighted by atomic mass is 32.2. The molecule has 5 nitrogen and oxygen atoms in total. The summed E-state index contributed by atoms with van der Waals surface area (Å²) in [4.78, 5) is 12.4. The van der Waals surface area contributed by atoms with Crippen LogP contribution in [0.3, 0.4) is 0 Å². The summed E-state index contributed by atoms with van der Waals surface area (Å²) in [6.07, 6.45) is 4.27. The maximum absolute atomic E-state index is 12.4. The van der Waals surface area contributed by atoms with Gasteiger partial charge in [0.05, 0.1) is 6.26 Å². The number of para-hydroxylation sites is 1. The lowest BCUT2D eigenvalue weighted by molar-refractivity contribution is 0.104. The molecule has 0 aliphatic rings. The summed E-state index contributed by atoms with van der Waals surface area (Å²) in [6.45, 7) is 0.439. The molecule has 0 amide bonds. The molecule has 0 bridgehead atoms. The number of carbonyl (C=O) groups excluding carboxylic acids is 1. The molecule has 0 spiro atoms. The lowest BCUT2D eigenvalue weighted by Crippen LogP contribution is -2.09. The molecule has 1 N–H and O–H groups in total. The molecule has 0 radical (unpaired) electrons. The number of hydrogen-bond acceptors (Lipinski definition) is 4. The summed E-state index contributed by atoms with van der Waals surface area (Å²) in [5, 5.41) is 0. The summed E-state index contributed by atoms with van der Waals surface area (Å²) in [7, 11) is -3.35.